The van der Waals surface area contributed by atoms with Crippen molar-refractivity contribution in [2.45, 2.75) is 44.6 Å². The highest BCUT2D eigenvalue weighted by Gasteiger charge is 2.16. The zero-order valence-electron chi connectivity index (χ0n) is 9.30. The Kier molecular flexibility index (Phi) is 6.36. The lowest BCUT2D eigenvalue weighted by Gasteiger charge is -2.10. The predicted molar refractivity (Wildman–Crippen MR) is 59.6 cm³/mol. The summed E-state index contributed by atoms with van der Waals surface area (Å²) in [7, 11) is 0. The molecule has 1 heterocycles. The smallest absolute Gasteiger partial charge is 0.221 e. The minimum absolute atomic E-state index is 0.151. The zero-order valence-corrected chi connectivity index (χ0v) is 9.30. The molecule has 1 saturated heterocycles. The second-order valence-corrected chi connectivity index (χ2v) is 4.13. The van der Waals surface area contributed by atoms with Crippen LogP contribution in [0.25, 0.3) is 0 Å². The lowest BCUT2D eigenvalue weighted by atomic mass is 10.1. The molecule has 0 aromatic heterocycles. The van der Waals surface area contributed by atoms with Crippen LogP contribution in [0.2, 0.25) is 0 Å². The van der Waals surface area contributed by atoms with Crippen LogP contribution in [0.1, 0.15) is 38.5 Å². The Bertz CT molecular complexity index is 179. The first-order valence-electron chi connectivity index (χ1n) is 5.94. The monoisotopic (exact) mass is 214 g/mol. The number of rotatable bonds is 7. The standard InChI is InChI=1S/C11H22N2O2/c14-8-3-1-2-6-13-11(15)9-10-5-4-7-12-10/h10,12,14H,1-9H2,(H,13,15). The van der Waals surface area contributed by atoms with E-state index in [1.807, 2.05) is 0 Å². The summed E-state index contributed by atoms with van der Waals surface area (Å²) in [5.41, 5.74) is 0. The summed E-state index contributed by atoms with van der Waals surface area (Å²) < 4.78 is 0. The van der Waals surface area contributed by atoms with Crippen LogP contribution in [0.4, 0.5) is 0 Å². The molecule has 4 heteroatoms. The number of carbonyl (C=O) groups is 1. The molecule has 1 unspecified atom stereocenters. The highest BCUT2D eigenvalue weighted by atomic mass is 16.2. The van der Waals surface area contributed by atoms with Gasteiger partial charge in [0.05, 0.1) is 0 Å². The Morgan fingerprint density at radius 1 is 1.40 bits per heavy atom. The minimum Gasteiger partial charge on any atom is -0.396 e. The number of amides is 1. The molecule has 0 spiro atoms. The van der Waals surface area contributed by atoms with E-state index in [9.17, 15) is 4.79 Å². The van der Waals surface area contributed by atoms with Gasteiger partial charge in [-0.3, -0.25) is 4.79 Å². The van der Waals surface area contributed by atoms with Crippen LogP contribution in [0.3, 0.4) is 0 Å². The molecule has 1 rings (SSSR count). The van der Waals surface area contributed by atoms with Crippen molar-refractivity contribution < 1.29 is 9.90 Å². The molecule has 1 aliphatic rings. The molecule has 0 aromatic carbocycles. The molecule has 0 bridgehead atoms. The molecule has 0 aromatic rings. The summed E-state index contributed by atoms with van der Waals surface area (Å²) in [6.45, 7) is 2.04. The maximum absolute atomic E-state index is 11.4. The number of carbonyl (C=O) groups excluding carboxylic acids is 1. The number of unbranched alkanes of at least 4 members (excludes halogenated alkanes) is 2. The highest BCUT2D eigenvalue weighted by molar-refractivity contribution is 5.76. The van der Waals surface area contributed by atoms with E-state index < -0.39 is 0 Å². The van der Waals surface area contributed by atoms with E-state index in [1.165, 1.54) is 6.42 Å². The van der Waals surface area contributed by atoms with Crippen LogP contribution in [0, 0.1) is 0 Å². The van der Waals surface area contributed by atoms with Crippen LogP contribution in [0.15, 0.2) is 0 Å². The van der Waals surface area contributed by atoms with Gasteiger partial charge < -0.3 is 15.7 Å². The predicted octanol–water partition coefficient (Wildman–Crippen LogP) is 0.407. The van der Waals surface area contributed by atoms with E-state index in [0.717, 1.165) is 38.8 Å². The first-order chi connectivity index (χ1) is 7.33. The van der Waals surface area contributed by atoms with E-state index in [-0.39, 0.29) is 12.5 Å². The minimum atomic E-state index is 0.151. The molecular formula is C11H22N2O2. The summed E-state index contributed by atoms with van der Waals surface area (Å²) in [6.07, 6.45) is 5.70. The molecule has 0 aliphatic carbocycles. The number of hydrogen-bond donors (Lipinski definition) is 3. The molecule has 4 nitrogen and oxygen atoms in total. The topological polar surface area (TPSA) is 61.4 Å². The summed E-state index contributed by atoms with van der Waals surface area (Å²) in [6, 6.07) is 0.391. The molecule has 1 aliphatic heterocycles. The molecule has 1 fully saturated rings. The fourth-order valence-corrected chi connectivity index (χ4v) is 1.87. The van der Waals surface area contributed by atoms with Crippen LogP contribution in [-0.4, -0.2) is 36.8 Å². The van der Waals surface area contributed by atoms with Gasteiger partial charge in [-0.15, -0.1) is 0 Å². The van der Waals surface area contributed by atoms with E-state index in [4.69, 9.17) is 5.11 Å². The Labute approximate surface area is 91.4 Å². The van der Waals surface area contributed by atoms with Crippen molar-refractivity contribution in [1.82, 2.24) is 10.6 Å². The van der Waals surface area contributed by atoms with Gasteiger partial charge in [0.25, 0.3) is 0 Å². The molecule has 0 saturated carbocycles. The van der Waals surface area contributed by atoms with E-state index in [0.29, 0.717) is 12.5 Å². The van der Waals surface area contributed by atoms with Crippen LogP contribution < -0.4 is 10.6 Å². The van der Waals surface area contributed by atoms with Crippen molar-refractivity contribution in [3.8, 4) is 0 Å². The van der Waals surface area contributed by atoms with Crippen LogP contribution in [-0.2, 0) is 4.79 Å². The number of nitrogens with one attached hydrogen (secondary N) is 2. The maximum atomic E-state index is 11.4. The molecule has 3 N–H and O–H groups in total. The third-order valence-electron chi connectivity index (χ3n) is 2.75. The largest absolute Gasteiger partial charge is 0.396 e. The third-order valence-corrected chi connectivity index (χ3v) is 2.75. The quantitative estimate of drug-likeness (QED) is 0.538. The SMILES string of the molecule is O=C(CC1CCCN1)NCCCCCO. The molecular weight excluding hydrogens is 192 g/mol. The van der Waals surface area contributed by atoms with E-state index in [2.05, 4.69) is 10.6 Å². The molecule has 1 atom stereocenters. The van der Waals surface area contributed by atoms with Gasteiger partial charge in [-0.2, -0.15) is 0 Å². The van der Waals surface area contributed by atoms with Gasteiger partial charge in [0.15, 0.2) is 0 Å². The van der Waals surface area contributed by atoms with E-state index in [1.54, 1.807) is 0 Å². The number of hydrogen-bond acceptors (Lipinski definition) is 3. The van der Waals surface area contributed by atoms with Crippen molar-refractivity contribution in [1.29, 1.82) is 0 Å². The van der Waals surface area contributed by atoms with Gasteiger partial charge in [-0.25, -0.2) is 0 Å². The van der Waals surface area contributed by atoms with Gasteiger partial charge in [-0.1, -0.05) is 0 Å². The number of aliphatic hydroxyl groups is 1. The first-order valence-corrected chi connectivity index (χ1v) is 5.94. The Morgan fingerprint density at radius 2 is 2.27 bits per heavy atom. The molecule has 0 radical (unpaired) electrons. The average molecular weight is 214 g/mol. The van der Waals surface area contributed by atoms with Gasteiger partial charge in [0.2, 0.25) is 5.91 Å². The summed E-state index contributed by atoms with van der Waals surface area (Å²) in [5.74, 6) is 0.151. The lowest BCUT2D eigenvalue weighted by molar-refractivity contribution is -0.121. The Morgan fingerprint density at radius 3 is 2.93 bits per heavy atom. The first kappa shape index (κ1) is 12.5. The van der Waals surface area contributed by atoms with Crippen molar-refractivity contribution in [3.05, 3.63) is 0 Å². The highest BCUT2D eigenvalue weighted by Crippen LogP contribution is 2.08. The normalized spacial score (nSPS) is 20.5. The maximum Gasteiger partial charge on any atom is 0.221 e. The van der Waals surface area contributed by atoms with Gasteiger partial charge in [0.1, 0.15) is 0 Å². The van der Waals surface area contributed by atoms with Gasteiger partial charge in [0, 0.05) is 25.6 Å². The van der Waals surface area contributed by atoms with Gasteiger partial charge in [-0.05, 0) is 38.6 Å². The van der Waals surface area contributed by atoms with Crippen LogP contribution in [0.5, 0.6) is 0 Å². The summed E-state index contributed by atoms with van der Waals surface area (Å²) in [4.78, 5) is 11.4. The van der Waals surface area contributed by atoms with Crippen molar-refractivity contribution in [3.63, 3.8) is 0 Å². The second kappa shape index (κ2) is 7.65. The summed E-state index contributed by atoms with van der Waals surface area (Å²) in [5, 5.41) is 14.8. The Hall–Kier alpha value is -0.610. The summed E-state index contributed by atoms with van der Waals surface area (Å²) >= 11 is 0. The lowest BCUT2D eigenvalue weighted by Crippen LogP contribution is -2.32. The fourth-order valence-electron chi connectivity index (χ4n) is 1.87. The van der Waals surface area contributed by atoms with Crippen molar-refractivity contribution in [2.75, 3.05) is 19.7 Å². The second-order valence-electron chi connectivity index (χ2n) is 4.13. The van der Waals surface area contributed by atoms with Crippen molar-refractivity contribution >= 4 is 5.91 Å². The van der Waals surface area contributed by atoms with Gasteiger partial charge >= 0.3 is 0 Å². The Balaban J connectivity index is 1.93. The van der Waals surface area contributed by atoms with E-state index >= 15 is 0 Å². The van der Waals surface area contributed by atoms with Crippen molar-refractivity contribution in [2.24, 2.45) is 0 Å². The average Bonchev–Trinajstić information content (AvgIpc) is 2.70. The zero-order chi connectivity index (χ0) is 10.9. The number of aliphatic hydroxyl groups excluding tert-OH is 1. The molecule has 15 heavy (non-hydrogen) atoms. The third kappa shape index (κ3) is 5.74. The molecule has 1 amide bonds. The fraction of sp³-hybridized carbons (Fsp3) is 0.909. The molecule has 88 valence electrons. The van der Waals surface area contributed by atoms with Crippen LogP contribution >= 0.6 is 0 Å².